The van der Waals surface area contributed by atoms with E-state index in [1.54, 1.807) is 24.3 Å². The van der Waals surface area contributed by atoms with Gasteiger partial charge in [0.15, 0.2) is 5.78 Å². The molecule has 0 heterocycles. The van der Waals surface area contributed by atoms with Crippen molar-refractivity contribution in [2.75, 3.05) is 17.2 Å². The van der Waals surface area contributed by atoms with Crippen LogP contribution in [0.4, 0.5) is 11.4 Å². The molecule has 0 aromatic heterocycles. The molecule has 0 unspecified atom stereocenters. The summed E-state index contributed by atoms with van der Waals surface area (Å²) in [5.74, 6) is -0.125. The van der Waals surface area contributed by atoms with E-state index < -0.39 is 0 Å². The molecule has 0 fully saturated rings. The standard InChI is InChI=1S/C17H18N2O2/c1-12-3-7-15(8-4-12)18-11-17(21)14-5-9-16(10-6-14)19-13(2)20/h3-10,18H,11H2,1-2H3,(H,19,20). The predicted molar refractivity (Wildman–Crippen MR) is 84.7 cm³/mol. The number of benzene rings is 2. The first-order chi connectivity index (χ1) is 10.0. The molecule has 0 saturated heterocycles. The average Bonchev–Trinajstić information content (AvgIpc) is 2.46. The third-order valence-electron chi connectivity index (χ3n) is 3.03. The third kappa shape index (κ3) is 4.45. The van der Waals surface area contributed by atoms with Crippen LogP contribution < -0.4 is 10.6 Å². The van der Waals surface area contributed by atoms with E-state index in [4.69, 9.17) is 0 Å². The predicted octanol–water partition coefficient (Wildman–Crippen LogP) is 3.25. The molecular weight excluding hydrogens is 264 g/mol. The zero-order valence-corrected chi connectivity index (χ0v) is 12.1. The van der Waals surface area contributed by atoms with E-state index in [0.29, 0.717) is 11.3 Å². The number of Topliss-reactive ketones (excluding diaryl/α,β-unsaturated/α-hetero) is 1. The maximum Gasteiger partial charge on any atom is 0.221 e. The molecule has 0 aliphatic carbocycles. The van der Waals surface area contributed by atoms with Gasteiger partial charge in [0, 0.05) is 23.9 Å². The smallest absolute Gasteiger partial charge is 0.221 e. The van der Waals surface area contributed by atoms with E-state index in [1.807, 2.05) is 31.2 Å². The molecule has 2 aromatic rings. The lowest BCUT2D eigenvalue weighted by Crippen LogP contribution is -2.14. The Kier molecular flexibility index (Phi) is 4.72. The van der Waals surface area contributed by atoms with Crippen LogP contribution in [-0.4, -0.2) is 18.2 Å². The van der Waals surface area contributed by atoms with Crippen LogP contribution in [0, 0.1) is 6.92 Å². The summed E-state index contributed by atoms with van der Waals surface area (Å²) in [7, 11) is 0. The van der Waals surface area contributed by atoms with Crippen molar-refractivity contribution < 1.29 is 9.59 Å². The lowest BCUT2D eigenvalue weighted by atomic mass is 10.1. The maximum atomic E-state index is 12.1. The van der Waals surface area contributed by atoms with Gasteiger partial charge in [-0.25, -0.2) is 0 Å². The van der Waals surface area contributed by atoms with Crippen molar-refractivity contribution in [3.63, 3.8) is 0 Å². The van der Waals surface area contributed by atoms with E-state index >= 15 is 0 Å². The van der Waals surface area contributed by atoms with E-state index in [9.17, 15) is 9.59 Å². The number of ketones is 1. The number of amides is 1. The Hall–Kier alpha value is -2.62. The van der Waals surface area contributed by atoms with Crippen LogP contribution in [0.25, 0.3) is 0 Å². The molecule has 0 spiro atoms. The van der Waals surface area contributed by atoms with Gasteiger partial charge in [0.05, 0.1) is 6.54 Å². The molecule has 0 aliphatic heterocycles. The normalized spacial score (nSPS) is 10.0. The summed E-state index contributed by atoms with van der Waals surface area (Å²) in [6, 6.07) is 14.8. The molecule has 0 bridgehead atoms. The van der Waals surface area contributed by atoms with Crippen molar-refractivity contribution in [3.05, 3.63) is 59.7 Å². The monoisotopic (exact) mass is 282 g/mol. The molecule has 2 N–H and O–H groups in total. The van der Waals surface area contributed by atoms with Gasteiger partial charge in [-0.3, -0.25) is 9.59 Å². The van der Waals surface area contributed by atoms with Crippen molar-refractivity contribution in [2.45, 2.75) is 13.8 Å². The van der Waals surface area contributed by atoms with Crippen molar-refractivity contribution in [1.29, 1.82) is 0 Å². The minimum Gasteiger partial charge on any atom is -0.378 e. The molecule has 4 nitrogen and oxygen atoms in total. The quantitative estimate of drug-likeness (QED) is 0.828. The number of anilines is 2. The molecule has 2 aromatic carbocycles. The number of hydrogen-bond donors (Lipinski definition) is 2. The van der Waals surface area contributed by atoms with Gasteiger partial charge >= 0.3 is 0 Å². The average molecular weight is 282 g/mol. The molecule has 1 amide bonds. The highest BCUT2D eigenvalue weighted by Gasteiger charge is 2.06. The zero-order valence-electron chi connectivity index (χ0n) is 12.1. The van der Waals surface area contributed by atoms with Gasteiger partial charge < -0.3 is 10.6 Å². The second-order valence-corrected chi connectivity index (χ2v) is 4.90. The topological polar surface area (TPSA) is 58.2 Å². The van der Waals surface area contributed by atoms with Crippen molar-refractivity contribution in [1.82, 2.24) is 0 Å². The minimum atomic E-state index is -0.130. The van der Waals surface area contributed by atoms with Gasteiger partial charge in [0.1, 0.15) is 0 Å². The molecule has 108 valence electrons. The third-order valence-corrected chi connectivity index (χ3v) is 3.03. The second-order valence-electron chi connectivity index (χ2n) is 4.90. The molecule has 0 aliphatic rings. The highest BCUT2D eigenvalue weighted by Crippen LogP contribution is 2.12. The fourth-order valence-electron chi connectivity index (χ4n) is 1.90. The van der Waals surface area contributed by atoms with E-state index in [1.165, 1.54) is 12.5 Å². The van der Waals surface area contributed by atoms with Crippen LogP contribution >= 0.6 is 0 Å². The second kappa shape index (κ2) is 6.70. The van der Waals surface area contributed by atoms with Crippen LogP contribution in [-0.2, 0) is 4.79 Å². The molecule has 2 rings (SSSR count). The number of aryl methyl sites for hydroxylation is 1. The summed E-state index contributed by atoms with van der Waals surface area (Å²) in [5.41, 5.74) is 3.40. The minimum absolute atomic E-state index is 0.00458. The molecule has 0 atom stereocenters. The number of hydrogen-bond acceptors (Lipinski definition) is 3. The number of carbonyl (C=O) groups excluding carboxylic acids is 2. The van der Waals surface area contributed by atoms with Crippen LogP contribution in [0.3, 0.4) is 0 Å². The van der Waals surface area contributed by atoms with Crippen molar-refractivity contribution in [2.24, 2.45) is 0 Å². The summed E-state index contributed by atoms with van der Waals surface area (Å²) < 4.78 is 0. The highest BCUT2D eigenvalue weighted by molar-refractivity contribution is 5.99. The molecule has 0 radical (unpaired) electrons. The van der Waals surface area contributed by atoms with Gasteiger partial charge in [-0.05, 0) is 43.3 Å². The Morgan fingerprint density at radius 2 is 1.48 bits per heavy atom. The van der Waals surface area contributed by atoms with Crippen LogP contribution in [0.5, 0.6) is 0 Å². The van der Waals surface area contributed by atoms with Gasteiger partial charge in [0.25, 0.3) is 0 Å². The summed E-state index contributed by atoms with van der Waals surface area (Å²) in [4.78, 5) is 23.0. The summed E-state index contributed by atoms with van der Waals surface area (Å²) in [6.07, 6.45) is 0. The van der Waals surface area contributed by atoms with Gasteiger partial charge in [-0.1, -0.05) is 17.7 Å². The largest absolute Gasteiger partial charge is 0.378 e. The number of rotatable bonds is 5. The SMILES string of the molecule is CC(=O)Nc1ccc(C(=O)CNc2ccc(C)cc2)cc1. The Bertz CT molecular complexity index is 631. The number of carbonyl (C=O) groups is 2. The van der Waals surface area contributed by atoms with Crippen LogP contribution in [0.2, 0.25) is 0 Å². The van der Waals surface area contributed by atoms with E-state index in [2.05, 4.69) is 10.6 Å². The van der Waals surface area contributed by atoms with E-state index in [-0.39, 0.29) is 18.2 Å². The van der Waals surface area contributed by atoms with Gasteiger partial charge in [-0.15, -0.1) is 0 Å². The Labute approximate surface area is 124 Å². The molecule has 0 saturated carbocycles. The van der Waals surface area contributed by atoms with E-state index in [0.717, 1.165) is 5.69 Å². The Morgan fingerprint density at radius 3 is 2.05 bits per heavy atom. The van der Waals surface area contributed by atoms with Crippen LogP contribution in [0.15, 0.2) is 48.5 Å². The van der Waals surface area contributed by atoms with Gasteiger partial charge in [-0.2, -0.15) is 0 Å². The first kappa shape index (κ1) is 14.8. The molecular formula is C17H18N2O2. The Morgan fingerprint density at radius 1 is 0.905 bits per heavy atom. The van der Waals surface area contributed by atoms with Gasteiger partial charge in [0.2, 0.25) is 5.91 Å². The van der Waals surface area contributed by atoms with Crippen molar-refractivity contribution >= 4 is 23.1 Å². The highest BCUT2D eigenvalue weighted by atomic mass is 16.1. The lowest BCUT2D eigenvalue weighted by molar-refractivity contribution is -0.114. The first-order valence-electron chi connectivity index (χ1n) is 6.76. The summed E-state index contributed by atoms with van der Waals surface area (Å²) in [5, 5.41) is 5.77. The fourth-order valence-corrected chi connectivity index (χ4v) is 1.90. The lowest BCUT2D eigenvalue weighted by Gasteiger charge is -2.07. The zero-order chi connectivity index (χ0) is 15.2. The summed E-state index contributed by atoms with van der Waals surface area (Å²) >= 11 is 0. The molecule has 4 heteroatoms. The summed E-state index contributed by atoms with van der Waals surface area (Å²) in [6.45, 7) is 3.71. The Balaban J connectivity index is 1.93. The van der Waals surface area contributed by atoms with Crippen molar-refractivity contribution in [3.8, 4) is 0 Å². The fraction of sp³-hybridized carbons (Fsp3) is 0.176. The number of nitrogens with one attached hydrogen (secondary N) is 2. The molecule has 21 heavy (non-hydrogen) atoms. The van der Waals surface area contributed by atoms with Crippen LogP contribution in [0.1, 0.15) is 22.8 Å². The first-order valence-corrected chi connectivity index (χ1v) is 6.76. The maximum absolute atomic E-state index is 12.1.